The van der Waals surface area contributed by atoms with Crippen molar-refractivity contribution in [2.45, 2.75) is 33.2 Å². The van der Waals surface area contributed by atoms with Crippen LogP contribution in [0.25, 0.3) is 0 Å². The summed E-state index contributed by atoms with van der Waals surface area (Å²) in [5.41, 5.74) is 0.334. The summed E-state index contributed by atoms with van der Waals surface area (Å²) < 4.78 is 0. The molecule has 0 amide bonds. The Hall–Kier alpha value is 0.270. The highest BCUT2D eigenvalue weighted by Gasteiger charge is 2.25. The van der Waals surface area contributed by atoms with Gasteiger partial charge in [-0.05, 0) is 44.6 Å². The summed E-state index contributed by atoms with van der Waals surface area (Å²) in [4.78, 5) is 5.07. The lowest BCUT2D eigenvalue weighted by Crippen LogP contribution is -2.43. The second-order valence-electron chi connectivity index (χ2n) is 5.76. The van der Waals surface area contributed by atoms with Gasteiger partial charge in [-0.25, -0.2) is 0 Å². The Balaban J connectivity index is 2.53. The van der Waals surface area contributed by atoms with Crippen LogP contribution < -0.4 is 0 Å². The van der Waals surface area contributed by atoms with Crippen LogP contribution >= 0.6 is 12.6 Å². The molecule has 0 aromatic carbocycles. The van der Waals surface area contributed by atoms with Gasteiger partial charge in [0.05, 0.1) is 0 Å². The van der Waals surface area contributed by atoms with Gasteiger partial charge < -0.3 is 4.90 Å². The van der Waals surface area contributed by atoms with Crippen LogP contribution in [0.5, 0.6) is 0 Å². The van der Waals surface area contributed by atoms with Gasteiger partial charge in [0, 0.05) is 19.1 Å². The van der Waals surface area contributed by atoms with Crippen molar-refractivity contribution < 1.29 is 0 Å². The van der Waals surface area contributed by atoms with Crippen LogP contribution in [0.1, 0.15) is 27.2 Å². The first-order valence-electron chi connectivity index (χ1n) is 5.98. The lowest BCUT2D eigenvalue weighted by Gasteiger charge is -2.35. The molecule has 1 saturated heterocycles. The molecule has 0 spiro atoms. The number of thiol groups is 1. The maximum absolute atomic E-state index is 4.44. The van der Waals surface area contributed by atoms with Crippen molar-refractivity contribution in [3.63, 3.8) is 0 Å². The van der Waals surface area contributed by atoms with E-state index in [0.29, 0.717) is 11.5 Å². The molecule has 0 saturated carbocycles. The lowest BCUT2D eigenvalue weighted by molar-refractivity contribution is 0.148. The predicted molar refractivity (Wildman–Crippen MR) is 70.8 cm³/mol. The normalized spacial score (nSPS) is 26.6. The second kappa shape index (κ2) is 5.55. The molecule has 1 heterocycles. The topological polar surface area (TPSA) is 6.48 Å². The van der Waals surface area contributed by atoms with Gasteiger partial charge in [-0.1, -0.05) is 13.8 Å². The summed E-state index contributed by atoms with van der Waals surface area (Å²) in [5.74, 6) is 0.964. The second-order valence-corrected chi connectivity index (χ2v) is 6.07. The highest BCUT2D eigenvalue weighted by Crippen LogP contribution is 2.21. The van der Waals surface area contributed by atoms with Gasteiger partial charge in [0.2, 0.25) is 0 Å². The van der Waals surface area contributed by atoms with E-state index in [0.717, 1.165) is 5.75 Å². The minimum absolute atomic E-state index is 0.334. The number of nitrogens with zero attached hydrogens (tertiary/aromatic N) is 2. The average Bonchev–Trinajstić information content (AvgIpc) is 2.29. The number of likely N-dealkylation sites (N-methyl/N-ethyl adjacent to an activating group) is 1. The van der Waals surface area contributed by atoms with Crippen LogP contribution in [0, 0.1) is 5.41 Å². The minimum Gasteiger partial charge on any atom is -0.305 e. The molecular formula is C12H26N2S. The molecule has 1 aliphatic heterocycles. The molecule has 1 rings (SSSR count). The average molecular weight is 230 g/mol. The van der Waals surface area contributed by atoms with Crippen LogP contribution in [0.15, 0.2) is 0 Å². The zero-order valence-electron chi connectivity index (χ0n) is 10.7. The Morgan fingerprint density at radius 1 is 1.33 bits per heavy atom. The zero-order valence-corrected chi connectivity index (χ0v) is 11.6. The Labute approximate surface area is 100 Å². The smallest absolute Gasteiger partial charge is 0.0195 e. The van der Waals surface area contributed by atoms with E-state index in [9.17, 15) is 0 Å². The molecule has 0 bridgehead atoms. The molecule has 90 valence electrons. The molecule has 3 heteroatoms. The summed E-state index contributed by atoms with van der Waals surface area (Å²) in [6.45, 7) is 11.8. The van der Waals surface area contributed by atoms with Gasteiger partial charge in [0.15, 0.2) is 0 Å². The Morgan fingerprint density at radius 2 is 2.00 bits per heavy atom. The molecular weight excluding hydrogens is 204 g/mol. The zero-order chi connectivity index (χ0) is 11.5. The summed E-state index contributed by atoms with van der Waals surface area (Å²) in [5, 5.41) is 0. The molecule has 0 N–H and O–H groups in total. The highest BCUT2D eigenvalue weighted by atomic mass is 32.1. The van der Waals surface area contributed by atoms with E-state index >= 15 is 0 Å². The summed E-state index contributed by atoms with van der Waals surface area (Å²) in [6.07, 6.45) is 1.30. The van der Waals surface area contributed by atoms with Gasteiger partial charge in [-0.3, -0.25) is 4.90 Å². The monoisotopic (exact) mass is 230 g/mol. The Morgan fingerprint density at radius 3 is 2.60 bits per heavy atom. The van der Waals surface area contributed by atoms with E-state index in [1.54, 1.807) is 0 Å². The van der Waals surface area contributed by atoms with E-state index in [2.05, 4.69) is 50.2 Å². The quantitative estimate of drug-likeness (QED) is 0.741. The van der Waals surface area contributed by atoms with Gasteiger partial charge in [0.25, 0.3) is 0 Å². The molecule has 0 aliphatic carbocycles. The Bertz CT molecular complexity index is 194. The van der Waals surface area contributed by atoms with Crippen molar-refractivity contribution in [3.8, 4) is 0 Å². The SMILES string of the molecule is CC1CN(C)CCCN1CC(C)(C)CS. The van der Waals surface area contributed by atoms with E-state index in [-0.39, 0.29) is 0 Å². The molecule has 2 nitrogen and oxygen atoms in total. The van der Waals surface area contributed by atoms with Gasteiger partial charge in [-0.2, -0.15) is 12.6 Å². The standard InChI is InChI=1S/C12H26N2S/c1-11-8-13(4)6-5-7-14(11)9-12(2,3)10-15/h11,15H,5-10H2,1-4H3. The molecule has 0 aromatic rings. The Kier molecular flexibility index (Phi) is 4.94. The van der Waals surface area contributed by atoms with Crippen LogP contribution in [-0.4, -0.2) is 54.8 Å². The fourth-order valence-electron chi connectivity index (χ4n) is 2.26. The van der Waals surface area contributed by atoms with Crippen molar-refractivity contribution in [2.24, 2.45) is 5.41 Å². The number of rotatable bonds is 3. The van der Waals surface area contributed by atoms with Crippen molar-refractivity contribution in [1.82, 2.24) is 9.80 Å². The molecule has 1 atom stereocenters. The van der Waals surface area contributed by atoms with E-state index in [4.69, 9.17) is 0 Å². The van der Waals surface area contributed by atoms with Crippen LogP contribution in [-0.2, 0) is 0 Å². The molecule has 1 fully saturated rings. The molecule has 1 aliphatic rings. The maximum Gasteiger partial charge on any atom is 0.0195 e. The van der Waals surface area contributed by atoms with Gasteiger partial charge in [-0.15, -0.1) is 0 Å². The predicted octanol–water partition coefficient (Wildman–Crippen LogP) is 1.97. The maximum atomic E-state index is 4.44. The first kappa shape index (κ1) is 13.3. The first-order chi connectivity index (χ1) is 6.94. The van der Waals surface area contributed by atoms with E-state index in [1.165, 1.54) is 32.6 Å². The van der Waals surface area contributed by atoms with Gasteiger partial charge >= 0.3 is 0 Å². The van der Waals surface area contributed by atoms with Crippen LogP contribution in [0.2, 0.25) is 0 Å². The summed E-state index contributed by atoms with van der Waals surface area (Å²) in [6, 6.07) is 0.677. The fraction of sp³-hybridized carbons (Fsp3) is 1.00. The third kappa shape index (κ3) is 4.33. The van der Waals surface area contributed by atoms with Crippen LogP contribution in [0.3, 0.4) is 0 Å². The van der Waals surface area contributed by atoms with Crippen molar-refractivity contribution >= 4 is 12.6 Å². The van der Waals surface area contributed by atoms with E-state index < -0.39 is 0 Å². The van der Waals surface area contributed by atoms with Crippen molar-refractivity contribution in [2.75, 3.05) is 39.0 Å². The molecule has 1 unspecified atom stereocenters. The molecule has 0 aromatic heterocycles. The molecule has 0 radical (unpaired) electrons. The molecule has 15 heavy (non-hydrogen) atoms. The third-order valence-corrected chi connectivity index (χ3v) is 4.10. The largest absolute Gasteiger partial charge is 0.305 e. The van der Waals surface area contributed by atoms with Crippen molar-refractivity contribution in [1.29, 1.82) is 0 Å². The van der Waals surface area contributed by atoms with Gasteiger partial charge in [0.1, 0.15) is 0 Å². The van der Waals surface area contributed by atoms with E-state index in [1.807, 2.05) is 0 Å². The first-order valence-corrected chi connectivity index (χ1v) is 6.61. The fourth-order valence-corrected chi connectivity index (χ4v) is 2.36. The highest BCUT2D eigenvalue weighted by molar-refractivity contribution is 7.80. The summed E-state index contributed by atoms with van der Waals surface area (Å²) in [7, 11) is 2.23. The van der Waals surface area contributed by atoms with Crippen LogP contribution in [0.4, 0.5) is 0 Å². The third-order valence-electron chi connectivity index (χ3n) is 3.24. The lowest BCUT2D eigenvalue weighted by atomic mass is 9.95. The summed E-state index contributed by atoms with van der Waals surface area (Å²) >= 11 is 4.44. The number of hydrogen-bond donors (Lipinski definition) is 1. The number of hydrogen-bond acceptors (Lipinski definition) is 3. The van der Waals surface area contributed by atoms with Crippen molar-refractivity contribution in [3.05, 3.63) is 0 Å². The minimum atomic E-state index is 0.334.